The Kier molecular flexibility index (Phi) is 4.40. The van der Waals surface area contributed by atoms with E-state index in [1.165, 1.54) is 4.90 Å². The molecule has 0 saturated heterocycles. The average Bonchev–Trinajstić information content (AvgIpc) is 2.72. The highest BCUT2D eigenvalue weighted by Gasteiger charge is 2.36. The van der Waals surface area contributed by atoms with Crippen molar-refractivity contribution < 1.29 is 9.59 Å². The first kappa shape index (κ1) is 14.9. The molecule has 0 aliphatic carbocycles. The summed E-state index contributed by atoms with van der Waals surface area (Å²) in [5.41, 5.74) is 2.64. The van der Waals surface area contributed by atoms with Gasteiger partial charge in [0.05, 0.1) is 16.8 Å². The number of fused-ring (bicyclic) bond motifs is 1. The van der Waals surface area contributed by atoms with Crippen molar-refractivity contribution in [1.82, 2.24) is 0 Å². The van der Waals surface area contributed by atoms with Crippen molar-refractivity contribution in [2.45, 2.75) is 5.33 Å². The third-order valence-corrected chi connectivity index (χ3v) is 3.79. The van der Waals surface area contributed by atoms with Gasteiger partial charge in [0.2, 0.25) is 0 Å². The summed E-state index contributed by atoms with van der Waals surface area (Å²) in [5.74, 6) is -0.514. The molecular formula is C15H11Br2NO2. The SMILES string of the molecule is Br.O=C1c2ccccc2C(=O)N1c1ccc(CBr)cc1. The van der Waals surface area contributed by atoms with Gasteiger partial charge in [0.1, 0.15) is 0 Å². The smallest absolute Gasteiger partial charge is 0.266 e. The van der Waals surface area contributed by atoms with Crippen LogP contribution >= 0.6 is 32.9 Å². The lowest BCUT2D eigenvalue weighted by Gasteiger charge is -2.14. The van der Waals surface area contributed by atoms with E-state index in [9.17, 15) is 9.59 Å². The molecule has 0 bridgehead atoms. The van der Waals surface area contributed by atoms with E-state index in [4.69, 9.17) is 0 Å². The molecule has 0 atom stereocenters. The van der Waals surface area contributed by atoms with Gasteiger partial charge in [-0.15, -0.1) is 17.0 Å². The second kappa shape index (κ2) is 5.89. The largest absolute Gasteiger partial charge is 0.268 e. The van der Waals surface area contributed by atoms with E-state index < -0.39 is 0 Å². The Labute approximate surface area is 135 Å². The van der Waals surface area contributed by atoms with Crippen LogP contribution in [-0.2, 0) is 5.33 Å². The average molecular weight is 397 g/mol. The number of rotatable bonds is 2. The molecule has 0 saturated carbocycles. The zero-order valence-corrected chi connectivity index (χ0v) is 13.7. The van der Waals surface area contributed by atoms with Crippen LogP contribution in [-0.4, -0.2) is 11.8 Å². The van der Waals surface area contributed by atoms with Crippen molar-refractivity contribution in [2.75, 3.05) is 4.90 Å². The number of benzene rings is 2. The molecule has 3 rings (SSSR count). The van der Waals surface area contributed by atoms with Crippen molar-refractivity contribution in [3.63, 3.8) is 0 Å². The Morgan fingerprint density at radius 2 is 1.35 bits per heavy atom. The lowest BCUT2D eigenvalue weighted by atomic mass is 10.1. The molecular weight excluding hydrogens is 386 g/mol. The summed E-state index contributed by atoms with van der Waals surface area (Å²) >= 11 is 3.37. The van der Waals surface area contributed by atoms with Gasteiger partial charge in [0.15, 0.2) is 0 Å². The van der Waals surface area contributed by atoms with Crippen molar-refractivity contribution >= 4 is 50.4 Å². The van der Waals surface area contributed by atoms with Crippen LogP contribution in [0.2, 0.25) is 0 Å². The highest BCUT2D eigenvalue weighted by atomic mass is 79.9. The van der Waals surface area contributed by atoms with Gasteiger partial charge in [0.25, 0.3) is 11.8 Å². The third kappa shape index (κ3) is 2.31. The van der Waals surface area contributed by atoms with Crippen molar-refractivity contribution in [1.29, 1.82) is 0 Å². The van der Waals surface area contributed by atoms with Crippen LogP contribution in [0.3, 0.4) is 0 Å². The van der Waals surface area contributed by atoms with E-state index in [0.717, 1.165) is 10.9 Å². The first-order chi connectivity index (χ1) is 9.22. The fourth-order valence-corrected chi connectivity index (χ4v) is 2.53. The molecule has 0 fully saturated rings. The fourth-order valence-electron chi connectivity index (χ4n) is 2.16. The molecule has 1 heterocycles. The Balaban J connectivity index is 0.00000147. The Morgan fingerprint density at radius 1 is 0.850 bits per heavy atom. The lowest BCUT2D eigenvalue weighted by molar-refractivity contribution is 0.0926. The first-order valence-electron chi connectivity index (χ1n) is 5.85. The predicted octanol–water partition coefficient (Wildman–Crippen LogP) is 3.96. The summed E-state index contributed by atoms with van der Waals surface area (Å²) < 4.78 is 0. The standard InChI is InChI=1S/C15H10BrNO2.BrH/c16-9-10-5-7-11(8-6-10)17-14(18)12-3-1-2-4-13(12)15(17)19;/h1-8H,9H2;1H. The van der Waals surface area contributed by atoms with Gasteiger partial charge in [-0.1, -0.05) is 40.2 Å². The summed E-state index contributed by atoms with van der Waals surface area (Å²) in [7, 11) is 0. The molecule has 1 aliphatic heterocycles. The van der Waals surface area contributed by atoms with Gasteiger partial charge < -0.3 is 0 Å². The van der Waals surface area contributed by atoms with Crippen LogP contribution in [0.15, 0.2) is 48.5 Å². The van der Waals surface area contributed by atoms with E-state index in [1.54, 1.807) is 36.4 Å². The molecule has 0 spiro atoms. The minimum absolute atomic E-state index is 0. The van der Waals surface area contributed by atoms with Crippen LogP contribution in [0.25, 0.3) is 0 Å². The van der Waals surface area contributed by atoms with E-state index >= 15 is 0 Å². The molecule has 2 aromatic carbocycles. The number of halogens is 2. The van der Waals surface area contributed by atoms with Gasteiger partial charge in [-0.25, -0.2) is 4.90 Å². The van der Waals surface area contributed by atoms with Gasteiger partial charge in [0, 0.05) is 5.33 Å². The number of nitrogens with zero attached hydrogens (tertiary/aromatic N) is 1. The molecule has 0 unspecified atom stereocenters. The van der Waals surface area contributed by atoms with Crippen LogP contribution in [0, 0.1) is 0 Å². The zero-order chi connectivity index (χ0) is 13.4. The molecule has 102 valence electrons. The van der Waals surface area contributed by atoms with Crippen LogP contribution in [0.1, 0.15) is 26.3 Å². The van der Waals surface area contributed by atoms with E-state index in [2.05, 4.69) is 15.9 Å². The van der Waals surface area contributed by atoms with E-state index in [-0.39, 0.29) is 28.8 Å². The maximum absolute atomic E-state index is 12.3. The van der Waals surface area contributed by atoms with E-state index in [1.807, 2.05) is 12.1 Å². The summed E-state index contributed by atoms with van der Waals surface area (Å²) in [6, 6.07) is 14.3. The Bertz CT molecular complexity index is 633. The third-order valence-electron chi connectivity index (χ3n) is 3.14. The minimum Gasteiger partial charge on any atom is -0.268 e. The van der Waals surface area contributed by atoms with Gasteiger partial charge in [-0.3, -0.25) is 9.59 Å². The van der Waals surface area contributed by atoms with Gasteiger partial charge >= 0.3 is 0 Å². The molecule has 3 nitrogen and oxygen atoms in total. The molecule has 2 amide bonds. The Hall–Kier alpha value is -1.46. The van der Waals surface area contributed by atoms with Gasteiger partial charge in [-0.2, -0.15) is 0 Å². The Morgan fingerprint density at radius 3 is 1.80 bits per heavy atom. The van der Waals surface area contributed by atoms with Crippen molar-refractivity contribution in [2.24, 2.45) is 0 Å². The molecule has 20 heavy (non-hydrogen) atoms. The summed E-state index contributed by atoms with van der Waals surface area (Å²) in [4.78, 5) is 25.7. The topological polar surface area (TPSA) is 37.4 Å². The minimum atomic E-state index is -0.257. The molecule has 1 aliphatic rings. The highest BCUT2D eigenvalue weighted by Crippen LogP contribution is 2.28. The number of hydrogen-bond donors (Lipinski definition) is 0. The molecule has 5 heteroatoms. The molecule has 0 radical (unpaired) electrons. The maximum Gasteiger partial charge on any atom is 0.266 e. The summed E-state index contributed by atoms with van der Waals surface area (Å²) in [6.45, 7) is 0. The highest BCUT2D eigenvalue weighted by molar-refractivity contribution is 9.08. The number of amides is 2. The number of alkyl halides is 1. The monoisotopic (exact) mass is 395 g/mol. The molecule has 2 aromatic rings. The van der Waals surface area contributed by atoms with Crippen LogP contribution in [0.5, 0.6) is 0 Å². The molecule has 0 aromatic heterocycles. The number of anilines is 1. The van der Waals surface area contributed by atoms with E-state index in [0.29, 0.717) is 16.8 Å². The number of carbonyl (C=O) groups excluding carboxylic acids is 2. The first-order valence-corrected chi connectivity index (χ1v) is 6.97. The van der Waals surface area contributed by atoms with Crippen molar-refractivity contribution in [3.05, 3.63) is 65.2 Å². The number of imide groups is 1. The molecule has 0 N–H and O–H groups in total. The maximum atomic E-state index is 12.3. The summed E-state index contributed by atoms with van der Waals surface area (Å²) in [5, 5.41) is 0.745. The number of hydrogen-bond acceptors (Lipinski definition) is 2. The quantitative estimate of drug-likeness (QED) is 0.569. The van der Waals surface area contributed by atoms with Crippen molar-refractivity contribution in [3.8, 4) is 0 Å². The summed E-state index contributed by atoms with van der Waals surface area (Å²) in [6.07, 6.45) is 0. The van der Waals surface area contributed by atoms with Gasteiger partial charge in [-0.05, 0) is 29.8 Å². The zero-order valence-electron chi connectivity index (χ0n) is 10.4. The predicted molar refractivity (Wildman–Crippen MR) is 87.0 cm³/mol. The second-order valence-corrected chi connectivity index (χ2v) is 4.85. The lowest BCUT2D eigenvalue weighted by Crippen LogP contribution is -2.29. The normalized spacial score (nSPS) is 13.2. The van der Waals surface area contributed by atoms with Crippen LogP contribution < -0.4 is 4.90 Å². The second-order valence-electron chi connectivity index (χ2n) is 4.29. The van der Waals surface area contributed by atoms with Crippen LogP contribution in [0.4, 0.5) is 5.69 Å². The number of carbonyl (C=O) groups is 2. The fraction of sp³-hybridized carbons (Fsp3) is 0.0667.